The topological polar surface area (TPSA) is 12.0 Å². The Morgan fingerprint density at radius 3 is 2.75 bits per heavy atom. The normalized spacial score (nSPS) is 27.8. The number of halogens is 1. The predicted octanol–water partition coefficient (Wildman–Crippen LogP) is 5.48. The number of hydrogen-bond donors (Lipinski definition) is 1. The standard InChI is InChI=1S/C17H28ClNS/c1-5-9-19-15-11-12(2)6-7-13(15)17(3,4)16-14(18)8-10-20-16/h8,10,12-13,15,19H,5-7,9,11H2,1-4H3. The molecule has 1 N–H and O–H groups in total. The summed E-state index contributed by atoms with van der Waals surface area (Å²) in [7, 11) is 0. The number of nitrogens with one attached hydrogen (secondary N) is 1. The highest BCUT2D eigenvalue weighted by atomic mass is 35.5. The van der Waals surface area contributed by atoms with Crippen LogP contribution < -0.4 is 5.32 Å². The van der Waals surface area contributed by atoms with E-state index in [4.69, 9.17) is 11.6 Å². The van der Waals surface area contributed by atoms with Crippen molar-refractivity contribution in [1.29, 1.82) is 0 Å². The zero-order chi connectivity index (χ0) is 14.8. The second-order valence-corrected chi connectivity index (χ2v) is 8.23. The number of rotatable bonds is 5. The average Bonchev–Trinajstić information content (AvgIpc) is 2.83. The molecule has 0 aromatic carbocycles. The smallest absolute Gasteiger partial charge is 0.0550 e. The van der Waals surface area contributed by atoms with Gasteiger partial charge in [0.05, 0.1) is 5.02 Å². The molecule has 0 aliphatic heterocycles. The molecule has 114 valence electrons. The highest BCUT2D eigenvalue weighted by molar-refractivity contribution is 7.10. The number of hydrogen-bond acceptors (Lipinski definition) is 2. The summed E-state index contributed by atoms with van der Waals surface area (Å²) in [5.74, 6) is 1.52. The van der Waals surface area contributed by atoms with E-state index < -0.39 is 0 Å². The van der Waals surface area contributed by atoms with Crippen molar-refractivity contribution in [3.8, 4) is 0 Å². The van der Waals surface area contributed by atoms with E-state index >= 15 is 0 Å². The van der Waals surface area contributed by atoms with Crippen LogP contribution in [0.5, 0.6) is 0 Å². The van der Waals surface area contributed by atoms with E-state index in [1.54, 1.807) is 0 Å². The first-order chi connectivity index (χ1) is 9.46. The summed E-state index contributed by atoms with van der Waals surface area (Å²) in [6, 6.07) is 2.68. The van der Waals surface area contributed by atoms with Gasteiger partial charge in [-0.3, -0.25) is 0 Å². The lowest BCUT2D eigenvalue weighted by Crippen LogP contribution is -2.48. The quantitative estimate of drug-likeness (QED) is 0.758. The van der Waals surface area contributed by atoms with Crippen LogP contribution in [0.1, 0.15) is 58.3 Å². The summed E-state index contributed by atoms with van der Waals surface area (Å²) in [5.41, 5.74) is 0.163. The van der Waals surface area contributed by atoms with Gasteiger partial charge in [-0.05, 0) is 49.1 Å². The van der Waals surface area contributed by atoms with Gasteiger partial charge in [-0.2, -0.15) is 0 Å². The third-order valence-corrected chi connectivity index (χ3v) is 6.58. The lowest BCUT2D eigenvalue weighted by atomic mass is 9.65. The molecule has 1 aromatic rings. The van der Waals surface area contributed by atoms with E-state index in [1.807, 2.05) is 17.4 Å². The Kier molecular flexibility index (Phi) is 5.56. The van der Waals surface area contributed by atoms with Gasteiger partial charge in [0.15, 0.2) is 0 Å². The molecule has 0 saturated heterocycles. The van der Waals surface area contributed by atoms with E-state index in [2.05, 4.69) is 38.4 Å². The van der Waals surface area contributed by atoms with E-state index in [0.717, 1.165) is 17.5 Å². The van der Waals surface area contributed by atoms with Crippen LogP contribution in [0.2, 0.25) is 5.02 Å². The Balaban J connectivity index is 2.20. The van der Waals surface area contributed by atoms with Crippen LogP contribution in [0.15, 0.2) is 11.4 Å². The highest BCUT2D eigenvalue weighted by Crippen LogP contribution is 2.46. The lowest BCUT2D eigenvalue weighted by Gasteiger charge is -2.44. The summed E-state index contributed by atoms with van der Waals surface area (Å²) in [5, 5.41) is 6.88. The first-order valence-electron chi connectivity index (χ1n) is 7.93. The second kappa shape index (κ2) is 6.81. The van der Waals surface area contributed by atoms with Crippen LogP contribution in [0.3, 0.4) is 0 Å². The molecule has 0 amide bonds. The molecule has 1 saturated carbocycles. The van der Waals surface area contributed by atoms with Crippen molar-refractivity contribution in [2.24, 2.45) is 11.8 Å². The van der Waals surface area contributed by atoms with Crippen molar-refractivity contribution < 1.29 is 0 Å². The Morgan fingerprint density at radius 2 is 2.15 bits per heavy atom. The lowest BCUT2D eigenvalue weighted by molar-refractivity contribution is 0.148. The molecule has 1 fully saturated rings. The molecule has 3 atom stereocenters. The Bertz CT molecular complexity index is 426. The molecule has 1 aliphatic carbocycles. The van der Waals surface area contributed by atoms with Gasteiger partial charge in [-0.1, -0.05) is 45.7 Å². The van der Waals surface area contributed by atoms with Crippen LogP contribution in [0.25, 0.3) is 0 Å². The molecule has 2 rings (SSSR count). The average molecular weight is 314 g/mol. The fraction of sp³-hybridized carbons (Fsp3) is 0.765. The molecule has 1 nitrogen and oxygen atoms in total. The molecular weight excluding hydrogens is 286 g/mol. The fourth-order valence-corrected chi connectivity index (χ4v) is 5.21. The van der Waals surface area contributed by atoms with Gasteiger partial charge < -0.3 is 5.32 Å². The van der Waals surface area contributed by atoms with Gasteiger partial charge >= 0.3 is 0 Å². The largest absolute Gasteiger partial charge is 0.314 e. The molecule has 1 heterocycles. The molecule has 20 heavy (non-hydrogen) atoms. The van der Waals surface area contributed by atoms with Crippen molar-refractivity contribution in [3.05, 3.63) is 21.3 Å². The SMILES string of the molecule is CCCNC1CC(C)CCC1C(C)(C)c1sccc1Cl. The highest BCUT2D eigenvalue weighted by Gasteiger charge is 2.41. The number of thiophene rings is 1. The van der Waals surface area contributed by atoms with Crippen LogP contribution in [0, 0.1) is 11.8 Å². The van der Waals surface area contributed by atoms with Crippen molar-refractivity contribution in [2.45, 2.75) is 64.8 Å². The fourth-order valence-electron chi connectivity index (χ4n) is 3.72. The Hall–Kier alpha value is -0.0500. The molecule has 1 aromatic heterocycles. The second-order valence-electron chi connectivity index (χ2n) is 6.90. The van der Waals surface area contributed by atoms with E-state index in [9.17, 15) is 0 Å². The zero-order valence-corrected chi connectivity index (χ0v) is 14.8. The minimum absolute atomic E-state index is 0.163. The summed E-state index contributed by atoms with van der Waals surface area (Å²) >= 11 is 8.23. The van der Waals surface area contributed by atoms with E-state index in [1.165, 1.54) is 30.6 Å². The molecule has 1 aliphatic rings. The Morgan fingerprint density at radius 1 is 1.40 bits per heavy atom. The molecular formula is C17H28ClNS. The summed E-state index contributed by atoms with van der Waals surface area (Å²) in [6.45, 7) is 10.5. The maximum Gasteiger partial charge on any atom is 0.0550 e. The minimum atomic E-state index is 0.163. The zero-order valence-electron chi connectivity index (χ0n) is 13.2. The minimum Gasteiger partial charge on any atom is -0.314 e. The molecule has 0 radical (unpaired) electrons. The van der Waals surface area contributed by atoms with Gasteiger partial charge in [0.2, 0.25) is 0 Å². The van der Waals surface area contributed by atoms with Crippen LogP contribution in [0.4, 0.5) is 0 Å². The summed E-state index contributed by atoms with van der Waals surface area (Å²) < 4.78 is 0. The predicted molar refractivity (Wildman–Crippen MR) is 90.9 cm³/mol. The van der Waals surface area contributed by atoms with E-state index in [-0.39, 0.29) is 5.41 Å². The van der Waals surface area contributed by atoms with Crippen LogP contribution >= 0.6 is 22.9 Å². The van der Waals surface area contributed by atoms with Crippen molar-refractivity contribution in [1.82, 2.24) is 5.32 Å². The van der Waals surface area contributed by atoms with Crippen molar-refractivity contribution in [2.75, 3.05) is 6.54 Å². The first-order valence-corrected chi connectivity index (χ1v) is 9.19. The molecule has 3 heteroatoms. The van der Waals surface area contributed by atoms with Gasteiger partial charge in [0.1, 0.15) is 0 Å². The van der Waals surface area contributed by atoms with E-state index in [0.29, 0.717) is 12.0 Å². The van der Waals surface area contributed by atoms with Crippen LogP contribution in [-0.2, 0) is 5.41 Å². The first kappa shape index (κ1) is 16.3. The van der Waals surface area contributed by atoms with Gasteiger partial charge in [0.25, 0.3) is 0 Å². The van der Waals surface area contributed by atoms with Gasteiger partial charge in [0, 0.05) is 16.3 Å². The Labute approximate surface area is 133 Å². The molecule has 0 bridgehead atoms. The molecule has 3 unspecified atom stereocenters. The monoisotopic (exact) mass is 313 g/mol. The third-order valence-electron chi connectivity index (χ3n) is 4.90. The molecule has 0 spiro atoms. The maximum absolute atomic E-state index is 6.41. The van der Waals surface area contributed by atoms with Crippen molar-refractivity contribution >= 4 is 22.9 Å². The summed E-state index contributed by atoms with van der Waals surface area (Å²) in [6.07, 6.45) is 5.17. The summed E-state index contributed by atoms with van der Waals surface area (Å²) in [4.78, 5) is 1.36. The maximum atomic E-state index is 6.41. The third kappa shape index (κ3) is 3.40. The van der Waals surface area contributed by atoms with Crippen molar-refractivity contribution in [3.63, 3.8) is 0 Å². The van der Waals surface area contributed by atoms with Gasteiger partial charge in [-0.15, -0.1) is 11.3 Å². The van der Waals surface area contributed by atoms with Crippen LogP contribution in [-0.4, -0.2) is 12.6 Å². The van der Waals surface area contributed by atoms with Gasteiger partial charge in [-0.25, -0.2) is 0 Å².